The zero-order chi connectivity index (χ0) is 25.1. The molecule has 1 aliphatic carbocycles. The number of carbonyl (C=O) groups excluding carboxylic acids is 2. The van der Waals surface area contributed by atoms with E-state index in [-0.39, 0.29) is 44.0 Å². The highest BCUT2D eigenvalue weighted by molar-refractivity contribution is 5.80. The predicted octanol–water partition coefficient (Wildman–Crippen LogP) is 3.50. The maximum Gasteiger partial charge on any atom is 0.407 e. The molecule has 0 radical (unpaired) electrons. The van der Waals surface area contributed by atoms with Crippen molar-refractivity contribution >= 4 is 18.0 Å². The van der Waals surface area contributed by atoms with Crippen molar-refractivity contribution in [1.29, 1.82) is 0 Å². The Hall–Kier alpha value is -3.39. The van der Waals surface area contributed by atoms with Gasteiger partial charge < -0.3 is 24.8 Å². The maximum atomic E-state index is 12.9. The van der Waals surface area contributed by atoms with Crippen LogP contribution in [-0.2, 0) is 19.1 Å². The van der Waals surface area contributed by atoms with E-state index in [1.807, 2.05) is 38.1 Å². The predicted molar refractivity (Wildman–Crippen MR) is 130 cm³/mol. The van der Waals surface area contributed by atoms with Crippen LogP contribution >= 0.6 is 0 Å². The van der Waals surface area contributed by atoms with Gasteiger partial charge in [-0.1, -0.05) is 62.4 Å². The number of fused-ring (bicyclic) bond motifs is 3. The van der Waals surface area contributed by atoms with E-state index in [1.165, 1.54) is 4.90 Å². The molecule has 1 fully saturated rings. The number of nitrogens with one attached hydrogen (secondary N) is 1. The summed E-state index contributed by atoms with van der Waals surface area (Å²) in [5.74, 6) is -2.05. The minimum absolute atomic E-state index is 0.0251. The number of benzene rings is 2. The van der Waals surface area contributed by atoms with Gasteiger partial charge in [0, 0.05) is 25.4 Å². The molecule has 2 aliphatic rings. The number of carboxylic acid groups (broad SMARTS) is 1. The Bertz CT molecular complexity index is 1060. The van der Waals surface area contributed by atoms with Gasteiger partial charge in [-0.15, -0.1) is 0 Å². The highest BCUT2D eigenvalue weighted by Crippen LogP contribution is 2.44. The largest absolute Gasteiger partial charge is 0.481 e. The summed E-state index contributed by atoms with van der Waals surface area (Å²) in [5, 5.41) is 12.2. The van der Waals surface area contributed by atoms with E-state index in [0.29, 0.717) is 0 Å². The molecule has 3 atom stereocenters. The van der Waals surface area contributed by atoms with Gasteiger partial charge in [0.15, 0.2) is 0 Å². The van der Waals surface area contributed by atoms with E-state index < -0.39 is 30.1 Å². The molecule has 2 aromatic carbocycles. The van der Waals surface area contributed by atoms with E-state index in [0.717, 1.165) is 22.3 Å². The molecule has 2 aromatic rings. The Kier molecular flexibility index (Phi) is 7.40. The second-order valence-electron chi connectivity index (χ2n) is 9.58. The Morgan fingerprint density at radius 3 is 2.23 bits per heavy atom. The molecule has 8 nitrogen and oxygen atoms in total. The van der Waals surface area contributed by atoms with E-state index in [2.05, 4.69) is 29.6 Å². The first-order valence-electron chi connectivity index (χ1n) is 12.0. The molecule has 0 saturated carbocycles. The lowest BCUT2D eigenvalue weighted by Crippen LogP contribution is -2.48. The molecular weight excluding hydrogens is 448 g/mol. The van der Waals surface area contributed by atoms with Crippen LogP contribution in [0.4, 0.5) is 4.79 Å². The molecule has 1 aliphatic heterocycles. The molecule has 0 spiro atoms. The number of aliphatic carboxylic acids is 1. The molecule has 186 valence electrons. The van der Waals surface area contributed by atoms with Crippen LogP contribution in [0.3, 0.4) is 0 Å². The fourth-order valence-corrected chi connectivity index (χ4v) is 4.92. The van der Waals surface area contributed by atoms with E-state index >= 15 is 0 Å². The summed E-state index contributed by atoms with van der Waals surface area (Å²) in [6.07, 6.45) is -0.532. The van der Waals surface area contributed by atoms with Crippen molar-refractivity contribution in [2.75, 3.05) is 26.9 Å². The first kappa shape index (κ1) is 24.7. The molecule has 8 heteroatoms. The van der Waals surface area contributed by atoms with Crippen LogP contribution in [0.5, 0.6) is 0 Å². The van der Waals surface area contributed by atoms with Gasteiger partial charge in [-0.3, -0.25) is 9.59 Å². The second-order valence-corrected chi connectivity index (χ2v) is 9.58. The fourth-order valence-electron chi connectivity index (χ4n) is 4.92. The third kappa shape index (κ3) is 5.17. The third-order valence-electron chi connectivity index (χ3n) is 7.10. The van der Waals surface area contributed by atoms with Gasteiger partial charge in [0.2, 0.25) is 5.91 Å². The Balaban J connectivity index is 1.37. The van der Waals surface area contributed by atoms with Crippen LogP contribution in [0.1, 0.15) is 37.3 Å². The maximum absolute atomic E-state index is 12.9. The highest BCUT2D eigenvalue weighted by atomic mass is 16.5. The van der Waals surface area contributed by atoms with Crippen molar-refractivity contribution < 1.29 is 29.0 Å². The molecule has 0 aromatic heterocycles. The van der Waals surface area contributed by atoms with Crippen LogP contribution in [-0.4, -0.2) is 66.9 Å². The van der Waals surface area contributed by atoms with Gasteiger partial charge in [-0.2, -0.15) is 0 Å². The highest BCUT2D eigenvalue weighted by Gasteiger charge is 2.39. The van der Waals surface area contributed by atoms with Crippen molar-refractivity contribution in [2.45, 2.75) is 38.3 Å². The number of carboxylic acids is 1. The van der Waals surface area contributed by atoms with Crippen molar-refractivity contribution in [3.63, 3.8) is 0 Å². The zero-order valence-corrected chi connectivity index (χ0v) is 20.3. The number of carbonyl (C=O) groups is 3. The minimum atomic E-state index is -0.982. The van der Waals surface area contributed by atoms with Gasteiger partial charge in [0.1, 0.15) is 12.5 Å². The summed E-state index contributed by atoms with van der Waals surface area (Å²) in [6, 6.07) is 15.3. The standard InChI is InChI=1S/C27H32N2O6/c1-16(2)23(12-25(30)29(3)24-15-34-13-22(24)26(31)32)28-27(33)35-14-21-19-10-6-4-8-17(19)18-9-5-7-11-20(18)21/h4-11,16,21-24H,12-15H2,1-3H3,(H,28,33)(H,31,32). The number of hydrogen-bond acceptors (Lipinski definition) is 5. The summed E-state index contributed by atoms with van der Waals surface area (Å²) in [4.78, 5) is 38.5. The van der Waals surface area contributed by atoms with Gasteiger partial charge in [0.05, 0.1) is 19.3 Å². The lowest BCUT2D eigenvalue weighted by molar-refractivity contribution is -0.144. The van der Waals surface area contributed by atoms with Crippen LogP contribution in [0.15, 0.2) is 48.5 Å². The number of alkyl carbamates (subject to hydrolysis) is 1. The summed E-state index contributed by atoms with van der Waals surface area (Å²) in [5.41, 5.74) is 4.57. The molecule has 1 saturated heterocycles. The quantitative estimate of drug-likeness (QED) is 0.599. The van der Waals surface area contributed by atoms with Crippen molar-refractivity contribution in [3.8, 4) is 11.1 Å². The number of rotatable bonds is 8. The van der Waals surface area contributed by atoms with E-state index in [1.54, 1.807) is 7.05 Å². The molecule has 4 rings (SSSR count). The first-order valence-corrected chi connectivity index (χ1v) is 12.0. The van der Waals surface area contributed by atoms with Crippen molar-refractivity contribution in [2.24, 2.45) is 11.8 Å². The SMILES string of the molecule is CC(C)C(CC(=O)N(C)C1COCC1C(=O)O)NC(=O)OCC1c2ccccc2-c2ccccc21. The summed E-state index contributed by atoms with van der Waals surface area (Å²) in [6.45, 7) is 4.30. The van der Waals surface area contributed by atoms with Crippen molar-refractivity contribution in [1.82, 2.24) is 10.2 Å². The smallest absolute Gasteiger partial charge is 0.407 e. The lowest BCUT2D eigenvalue weighted by Gasteiger charge is -2.29. The van der Waals surface area contributed by atoms with Gasteiger partial charge in [-0.05, 0) is 28.2 Å². The van der Waals surface area contributed by atoms with Crippen LogP contribution < -0.4 is 5.32 Å². The average molecular weight is 481 g/mol. The Morgan fingerprint density at radius 1 is 1.06 bits per heavy atom. The zero-order valence-electron chi connectivity index (χ0n) is 20.3. The molecule has 2 amide bonds. The Morgan fingerprint density at radius 2 is 1.66 bits per heavy atom. The van der Waals surface area contributed by atoms with E-state index in [4.69, 9.17) is 9.47 Å². The summed E-state index contributed by atoms with van der Waals surface area (Å²) in [7, 11) is 1.59. The molecule has 0 bridgehead atoms. The number of likely N-dealkylation sites (N-methyl/N-ethyl adjacent to an activating group) is 1. The number of ether oxygens (including phenoxy) is 2. The average Bonchev–Trinajstić information content (AvgIpc) is 3.45. The number of amides is 2. The molecule has 3 unspecified atom stereocenters. The van der Waals surface area contributed by atoms with Gasteiger partial charge >= 0.3 is 12.1 Å². The van der Waals surface area contributed by atoms with Gasteiger partial charge in [0.25, 0.3) is 0 Å². The Labute approximate surface area is 205 Å². The molecular formula is C27H32N2O6. The van der Waals surface area contributed by atoms with Crippen LogP contribution in [0, 0.1) is 11.8 Å². The lowest BCUT2D eigenvalue weighted by atomic mass is 9.98. The molecule has 35 heavy (non-hydrogen) atoms. The summed E-state index contributed by atoms with van der Waals surface area (Å²) >= 11 is 0. The number of hydrogen-bond donors (Lipinski definition) is 2. The van der Waals surface area contributed by atoms with E-state index in [9.17, 15) is 19.5 Å². The fraction of sp³-hybridized carbons (Fsp3) is 0.444. The number of nitrogens with zero attached hydrogens (tertiary/aromatic N) is 1. The third-order valence-corrected chi connectivity index (χ3v) is 7.10. The monoisotopic (exact) mass is 480 g/mol. The summed E-state index contributed by atoms with van der Waals surface area (Å²) < 4.78 is 10.9. The van der Waals surface area contributed by atoms with Gasteiger partial charge in [-0.25, -0.2) is 4.79 Å². The molecule has 2 N–H and O–H groups in total. The van der Waals surface area contributed by atoms with Crippen LogP contribution in [0.2, 0.25) is 0 Å². The minimum Gasteiger partial charge on any atom is -0.481 e. The van der Waals surface area contributed by atoms with Crippen molar-refractivity contribution in [3.05, 3.63) is 59.7 Å². The normalized spacial score (nSPS) is 19.7. The molecule has 1 heterocycles. The first-order chi connectivity index (χ1) is 16.8. The van der Waals surface area contributed by atoms with Crippen LogP contribution in [0.25, 0.3) is 11.1 Å². The second kappa shape index (κ2) is 10.5. The topological polar surface area (TPSA) is 105 Å².